The molecule has 0 amide bonds. The second-order valence-electron chi connectivity index (χ2n) is 6.01. The molecular formula is C19H17ClN2O2. The second-order valence-corrected chi connectivity index (χ2v) is 6.45. The lowest BCUT2D eigenvalue weighted by molar-refractivity contribution is 0.0970. The molecule has 0 saturated carbocycles. The molecule has 0 spiro atoms. The first-order chi connectivity index (χ1) is 11.4. The molecule has 24 heavy (non-hydrogen) atoms. The SMILES string of the molecule is Cc1cc(C)c(C(=O)Cn2cnc3ccc(Cl)cc3c2=O)cc1C. The normalized spacial score (nSPS) is 11.0. The Bertz CT molecular complexity index is 1020. The number of fused-ring (bicyclic) bond motifs is 1. The van der Waals surface area contributed by atoms with Crippen LogP contribution in [0.2, 0.25) is 5.02 Å². The van der Waals surface area contributed by atoms with Crippen LogP contribution in [0.3, 0.4) is 0 Å². The maximum atomic E-state index is 12.6. The van der Waals surface area contributed by atoms with Gasteiger partial charge in [0.05, 0.1) is 23.8 Å². The van der Waals surface area contributed by atoms with Gasteiger partial charge in [0.1, 0.15) is 0 Å². The molecule has 2 aromatic carbocycles. The van der Waals surface area contributed by atoms with E-state index >= 15 is 0 Å². The summed E-state index contributed by atoms with van der Waals surface area (Å²) in [5.74, 6) is -0.110. The van der Waals surface area contributed by atoms with Crippen LogP contribution in [0.1, 0.15) is 27.0 Å². The molecule has 0 unspecified atom stereocenters. The van der Waals surface area contributed by atoms with E-state index in [0.29, 0.717) is 21.5 Å². The van der Waals surface area contributed by atoms with Gasteiger partial charge in [-0.15, -0.1) is 0 Å². The molecule has 1 aromatic heterocycles. The first-order valence-corrected chi connectivity index (χ1v) is 8.00. The molecule has 0 saturated heterocycles. The lowest BCUT2D eigenvalue weighted by Gasteiger charge is -2.10. The predicted molar refractivity (Wildman–Crippen MR) is 96.0 cm³/mol. The predicted octanol–water partition coefficient (Wildman–Crippen LogP) is 3.86. The topological polar surface area (TPSA) is 52.0 Å². The van der Waals surface area contributed by atoms with Gasteiger partial charge in [-0.3, -0.25) is 14.2 Å². The minimum Gasteiger partial charge on any atom is -0.292 e. The van der Waals surface area contributed by atoms with Crippen LogP contribution in [0.5, 0.6) is 0 Å². The summed E-state index contributed by atoms with van der Waals surface area (Å²) in [6, 6.07) is 8.82. The highest BCUT2D eigenvalue weighted by Crippen LogP contribution is 2.17. The van der Waals surface area contributed by atoms with E-state index in [1.807, 2.05) is 32.9 Å². The summed E-state index contributed by atoms with van der Waals surface area (Å²) in [4.78, 5) is 29.4. The number of nitrogens with zero attached hydrogens (tertiary/aromatic N) is 2. The molecule has 3 aromatic rings. The van der Waals surface area contributed by atoms with Gasteiger partial charge in [0.2, 0.25) is 0 Å². The van der Waals surface area contributed by atoms with E-state index in [-0.39, 0.29) is 17.9 Å². The highest BCUT2D eigenvalue weighted by atomic mass is 35.5. The number of hydrogen-bond donors (Lipinski definition) is 0. The molecule has 0 aliphatic rings. The molecule has 0 atom stereocenters. The zero-order valence-corrected chi connectivity index (χ0v) is 14.5. The standard InChI is InChI=1S/C19H17ClN2O2/c1-11-6-13(3)15(7-12(11)2)18(23)9-22-10-21-17-5-4-14(20)8-16(17)19(22)24/h4-8,10H,9H2,1-3H3. The van der Waals surface area contributed by atoms with Crippen molar-refractivity contribution in [3.8, 4) is 0 Å². The maximum Gasteiger partial charge on any atom is 0.261 e. The molecule has 0 bridgehead atoms. The zero-order chi connectivity index (χ0) is 17.4. The van der Waals surface area contributed by atoms with Crippen molar-refractivity contribution in [3.63, 3.8) is 0 Å². The van der Waals surface area contributed by atoms with E-state index in [4.69, 9.17) is 11.6 Å². The van der Waals surface area contributed by atoms with Crippen molar-refractivity contribution < 1.29 is 4.79 Å². The van der Waals surface area contributed by atoms with E-state index in [2.05, 4.69) is 4.98 Å². The van der Waals surface area contributed by atoms with Crippen molar-refractivity contribution >= 4 is 28.3 Å². The number of benzene rings is 2. The van der Waals surface area contributed by atoms with Crippen molar-refractivity contribution in [2.24, 2.45) is 0 Å². The number of rotatable bonds is 3. The van der Waals surface area contributed by atoms with E-state index < -0.39 is 0 Å². The molecular weight excluding hydrogens is 324 g/mol. The van der Waals surface area contributed by atoms with Crippen LogP contribution in [-0.2, 0) is 6.54 Å². The van der Waals surface area contributed by atoms with Crippen molar-refractivity contribution in [2.45, 2.75) is 27.3 Å². The molecule has 0 fully saturated rings. The van der Waals surface area contributed by atoms with E-state index in [1.54, 1.807) is 18.2 Å². The van der Waals surface area contributed by atoms with Crippen LogP contribution in [0.25, 0.3) is 10.9 Å². The molecule has 0 N–H and O–H groups in total. The average Bonchev–Trinajstić information content (AvgIpc) is 2.54. The fourth-order valence-electron chi connectivity index (χ4n) is 2.74. The number of aryl methyl sites for hydroxylation is 3. The highest BCUT2D eigenvalue weighted by molar-refractivity contribution is 6.31. The lowest BCUT2D eigenvalue weighted by atomic mass is 9.98. The molecule has 4 nitrogen and oxygen atoms in total. The Kier molecular flexibility index (Phi) is 4.24. The molecule has 1 heterocycles. The summed E-state index contributed by atoms with van der Waals surface area (Å²) < 4.78 is 1.33. The molecule has 5 heteroatoms. The number of aromatic nitrogens is 2. The maximum absolute atomic E-state index is 12.6. The van der Waals surface area contributed by atoms with Gasteiger partial charge in [-0.05, 0) is 61.7 Å². The van der Waals surface area contributed by atoms with E-state index in [0.717, 1.165) is 16.7 Å². The summed E-state index contributed by atoms with van der Waals surface area (Å²) in [6.07, 6.45) is 1.41. The van der Waals surface area contributed by atoms with Gasteiger partial charge in [0, 0.05) is 10.6 Å². The van der Waals surface area contributed by atoms with Crippen molar-refractivity contribution in [1.29, 1.82) is 0 Å². The molecule has 0 aliphatic heterocycles. The smallest absolute Gasteiger partial charge is 0.261 e. The molecule has 122 valence electrons. The van der Waals surface area contributed by atoms with Crippen LogP contribution in [0.15, 0.2) is 41.5 Å². The van der Waals surface area contributed by atoms with Crippen molar-refractivity contribution in [2.75, 3.05) is 0 Å². The van der Waals surface area contributed by atoms with Gasteiger partial charge in [-0.1, -0.05) is 17.7 Å². The lowest BCUT2D eigenvalue weighted by Crippen LogP contribution is -2.25. The van der Waals surface area contributed by atoms with Gasteiger partial charge in [0.15, 0.2) is 5.78 Å². The third kappa shape index (κ3) is 2.97. The van der Waals surface area contributed by atoms with Gasteiger partial charge in [-0.25, -0.2) is 4.98 Å². The Morgan fingerprint density at radius 1 is 1.08 bits per heavy atom. The number of hydrogen-bond acceptors (Lipinski definition) is 3. The second kappa shape index (κ2) is 6.21. The van der Waals surface area contributed by atoms with Gasteiger partial charge < -0.3 is 0 Å². The Morgan fingerprint density at radius 3 is 2.54 bits per heavy atom. The molecule has 0 aliphatic carbocycles. The van der Waals surface area contributed by atoms with E-state index in [1.165, 1.54) is 10.9 Å². The average molecular weight is 341 g/mol. The van der Waals surface area contributed by atoms with Crippen molar-refractivity contribution in [3.05, 3.63) is 74.3 Å². The zero-order valence-electron chi connectivity index (χ0n) is 13.8. The minimum absolute atomic E-state index is 0.0440. The van der Waals surface area contributed by atoms with Crippen LogP contribution in [-0.4, -0.2) is 15.3 Å². The number of halogens is 1. The fourth-order valence-corrected chi connectivity index (χ4v) is 2.92. The number of carbonyl (C=O) groups excluding carboxylic acids is 1. The quantitative estimate of drug-likeness (QED) is 0.680. The summed E-state index contributed by atoms with van der Waals surface area (Å²) in [7, 11) is 0. The highest BCUT2D eigenvalue weighted by Gasteiger charge is 2.13. The number of ketones is 1. The largest absolute Gasteiger partial charge is 0.292 e. The van der Waals surface area contributed by atoms with Crippen LogP contribution in [0, 0.1) is 20.8 Å². The minimum atomic E-state index is -0.266. The first kappa shape index (κ1) is 16.4. The van der Waals surface area contributed by atoms with Crippen LogP contribution < -0.4 is 5.56 Å². The third-order valence-corrected chi connectivity index (χ3v) is 4.48. The summed E-state index contributed by atoms with van der Waals surface area (Å²) in [5, 5.41) is 0.880. The van der Waals surface area contributed by atoms with Gasteiger partial charge in [0.25, 0.3) is 5.56 Å². The number of carbonyl (C=O) groups is 1. The molecule has 0 radical (unpaired) electrons. The van der Waals surface area contributed by atoms with Gasteiger partial charge >= 0.3 is 0 Å². The summed E-state index contributed by atoms with van der Waals surface area (Å²) in [5.41, 5.74) is 4.04. The Hall–Kier alpha value is -2.46. The Labute approximate surface area is 144 Å². The summed E-state index contributed by atoms with van der Waals surface area (Å²) in [6.45, 7) is 5.84. The van der Waals surface area contributed by atoms with Crippen LogP contribution in [0.4, 0.5) is 0 Å². The Morgan fingerprint density at radius 2 is 1.79 bits per heavy atom. The Balaban J connectivity index is 2.01. The monoisotopic (exact) mass is 340 g/mol. The summed E-state index contributed by atoms with van der Waals surface area (Å²) >= 11 is 5.95. The first-order valence-electron chi connectivity index (χ1n) is 7.62. The fraction of sp³-hybridized carbons (Fsp3) is 0.211. The van der Waals surface area contributed by atoms with Gasteiger partial charge in [-0.2, -0.15) is 0 Å². The number of Topliss-reactive ketones (excluding diaryl/α,β-unsaturated/α-hetero) is 1. The van der Waals surface area contributed by atoms with Crippen LogP contribution >= 0.6 is 11.6 Å². The molecule has 3 rings (SSSR count). The van der Waals surface area contributed by atoms with Crippen molar-refractivity contribution in [1.82, 2.24) is 9.55 Å². The van der Waals surface area contributed by atoms with E-state index in [9.17, 15) is 9.59 Å². The third-order valence-electron chi connectivity index (χ3n) is 4.24.